The molecular weight excluding hydrogens is 376 g/mol. The fraction of sp³-hybridized carbons (Fsp3) is 0.471. The molecule has 2 atom stereocenters. The smallest absolute Gasteiger partial charge is 0.329 e. The third kappa shape index (κ3) is 6.70. The number of hydrogen-bond donors (Lipinski definition) is 2. The molecule has 24 heavy (non-hydrogen) atoms. The van der Waals surface area contributed by atoms with E-state index in [9.17, 15) is 14.4 Å². The first-order valence-electron chi connectivity index (χ1n) is 7.75. The highest BCUT2D eigenvalue weighted by Crippen LogP contribution is 2.10. The van der Waals surface area contributed by atoms with Gasteiger partial charge in [-0.3, -0.25) is 9.59 Å². The minimum absolute atomic E-state index is 0.306. The lowest BCUT2D eigenvalue weighted by Crippen LogP contribution is -2.44. The molecule has 1 aromatic carbocycles. The van der Waals surface area contributed by atoms with E-state index in [2.05, 4.69) is 26.6 Å². The average Bonchev–Trinajstić information content (AvgIpc) is 2.52. The second-order valence-corrected chi connectivity index (χ2v) is 6.84. The number of nitrogens with one attached hydrogen (secondary N) is 2. The normalized spacial score (nSPS) is 13.1. The Labute approximate surface area is 150 Å². The van der Waals surface area contributed by atoms with E-state index in [0.29, 0.717) is 18.0 Å². The maximum absolute atomic E-state index is 12.1. The molecule has 0 saturated carbocycles. The summed E-state index contributed by atoms with van der Waals surface area (Å²) >= 11 is 3.29. The molecule has 0 heterocycles. The monoisotopic (exact) mass is 398 g/mol. The second-order valence-electron chi connectivity index (χ2n) is 5.92. The SMILES string of the molecule is CC(C)CNC(=O)[C@H](C)OC(=O)[C@H](C)NC(=O)c1ccc(Br)cc1. The van der Waals surface area contributed by atoms with Gasteiger partial charge in [0.2, 0.25) is 0 Å². The van der Waals surface area contributed by atoms with Crippen molar-refractivity contribution in [2.75, 3.05) is 6.54 Å². The summed E-state index contributed by atoms with van der Waals surface area (Å²) in [5, 5.41) is 5.24. The van der Waals surface area contributed by atoms with E-state index in [4.69, 9.17) is 4.74 Å². The first-order chi connectivity index (χ1) is 11.2. The van der Waals surface area contributed by atoms with Gasteiger partial charge in [0.15, 0.2) is 6.10 Å². The van der Waals surface area contributed by atoms with Crippen molar-refractivity contribution in [1.29, 1.82) is 0 Å². The average molecular weight is 399 g/mol. The van der Waals surface area contributed by atoms with Crippen LogP contribution in [-0.4, -0.2) is 36.5 Å². The van der Waals surface area contributed by atoms with E-state index in [1.165, 1.54) is 13.8 Å². The number of ether oxygens (including phenoxy) is 1. The number of benzene rings is 1. The summed E-state index contributed by atoms with van der Waals surface area (Å²) in [5.74, 6) is -1.10. The molecule has 2 amide bonds. The van der Waals surface area contributed by atoms with Crippen molar-refractivity contribution >= 4 is 33.7 Å². The molecule has 0 spiro atoms. The molecule has 132 valence electrons. The van der Waals surface area contributed by atoms with Crippen LogP contribution in [0.25, 0.3) is 0 Å². The largest absolute Gasteiger partial charge is 0.451 e. The van der Waals surface area contributed by atoms with E-state index in [1.54, 1.807) is 24.3 Å². The lowest BCUT2D eigenvalue weighted by Gasteiger charge is -2.18. The standard InChI is InChI=1S/C17H23BrN2O4/c1-10(2)9-19-15(21)12(4)24-17(23)11(3)20-16(22)13-5-7-14(18)8-6-13/h5-8,10-12H,9H2,1-4H3,(H,19,21)(H,20,22)/t11-,12-/m0/s1. The summed E-state index contributed by atoms with van der Waals surface area (Å²) < 4.78 is 5.94. The Morgan fingerprint density at radius 1 is 1.08 bits per heavy atom. The maximum Gasteiger partial charge on any atom is 0.329 e. The van der Waals surface area contributed by atoms with Gasteiger partial charge in [-0.05, 0) is 44.0 Å². The van der Waals surface area contributed by atoms with Crippen molar-refractivity contribution in [2.45, 2.75) is 39.8 Å². The number of carbonyl (C=O) groups excluding carboxylic acids is 3. The third-order valence-electron chi connectivity index (χ3n) is 3.15. The molecule has 0 aliphatic heterocycles. The molecule has 1 rings (SSSR count). The van der Waals surface area contributed by atoms with E-state index in [-0.39, 0.29) is 11.8 Å². The molecular formula is C17H23BrN2O4. The highest BCUT2D eigenvalue weighted by molar-refractivity contribution is 9.10. The molecule has 1 aromatic rings. The predicted molar refractivity (Wildman–Crippen MR) is 94.5 cm³/mol. The zero-order valence-electron chi connectivity index (χ0n) is 14.3. The van der Waals surface area contributed by atoms with E-state index < -0.39 is 18.1 Å². The number of carbonyl (C=O) groups is 3. The number of hydrogen-bond acceptors (Lipinski definition) is 4. The Kier molecular flexibility index (Phi) is 7.91. The highest BCUT2D eigenvalue weighted by atomic mass is 79.9. The zero-order chi connectivity index (χ0) is 18.3. The molecule has 0 radical (unpaired) electrons. The van der Waals surface area contributed by atoms with Gasteiger partial charge < -0.3 is 15.4 Å². The summed E-state index contributed by atoms with van der Waals surface area (Å²) in [5.41, 5.74) is 0.431. The van der Waals surface area contributed by atoms with Gasteiger partial charge in [0.05, 0.1) is 0 Å². The summed E-state index contributed by atoms with van der Waals surface area (Å²) in [6.45, 7) is 7.46. The highest BCUT2D eigenvalue weighted by Gasteiger charge is 2.23. The molecule has 0 unspecified atom stereocenters. The van der Waals surface area contributed by atoms with Crippen LogP contribution in [0.4, 0.5) is 0 Å². The van der Waals surface area contributed by atoms with Crippen LogP contribution in [0.2, 0.25) is 0 Å². The Morgan fingerprint density at radius 3 is 2.21 bits per heavy atom. The number of halogens is 1. The third-order valence-corrected chi connectivity index (χ3v) is 3.68. The summed E-state index contributed by atoms with van der Waals surface area (Å²) in [4.78, 5) is 35.8. The molecule has 0 aliphatic carbocycles. The second kappa shape index (κ2) is 9.42. The van der Waals surface area contributed by atoms with Crippen LogP contribution >= 0.6 is 15.9 Å². The van der Waals surface area contributed by atoms with Crippen LogP contribution in [0.3, 0.4) is 0 Å². The molecule has 0 fully saturated rings. The Morgan fingerprint density at radius 2 is 1.67 bits per heavy atom. The summed E-state index contributed by atoms with van der Waals surface area (Å²) in [6, 6.07) is 5.89. The molecule has 0 aliphatic rings. The summed E-state index contributed by atoms with van der Waals surface area (Å²) in [7, 11) is 0. The van der Waals surface area contributed by atoms with Gasteiger partial charge in [-0.15, -0.1) is 0 Å². The van der Waals surface area contributed by atoms with Crippen molar-refractivity contribution in [2.24, 2.45) is 5.92 Å². The first kappa shape index (κ1) is 20.2. The van der Waals surface area contributed by atoms with Crippen LogP contribution in [0, 0.1) is 5.92 Å². The van der Waals surface area contributed by atoms with Crippen LogP contribution in [0.15, 0.2) is 28.7 Å². The van der Waals surface area contributed by atoms with Crippen molar-refractivity contribution in [1.82, 2.24) is 10.6 Å². The fourth-order valence-corrected chi connectivity index (χ4v) is 1.98. The molecule has 0 saturated heterocycles. The van der Waals surface area contributed by atoms with Crippen LogP contribution in [0.1, 0.15) is 38.1 Å². The molecule has 0 aromatic heterocycles. The number of esters is 1. The number of amides is 2. The van der Waals surface area contributed by atoms with Crippen molar-refractivity contribution in [3.05, 3.63) is 34.3 Å². The molecule has 2 N–H and O–H groups in total. The van der Waals surface area contributed by atoms with Gasteiger partial charge in [-0.25, -0.2) is 4.79 Å². The van der Waals surface area contributed by atoms with E-state index in [1.807, 2.05) is 13.8 Å². The van der Waals surface area contributed by atoms with Crippen molar-refractivity contribution in [3.8, 4) is 0 Å². The van der Waals surface area contributed by atoms with Crippen LogP contribution in [0.5, 0.6) is 0 Å². The Balaban J connectivity index is 2.50. The van der Waals surface area contributed by atoms with E-state index >= 15 is 0 Å². The molecule has 0 bridgehead atoms. The van der Waals surface area contributed by atoms with Crippen molar-refractivity contribution in [3.63, 3.8) is 0 Å². The van der Waals surface area contributed by atoms with Crippen LogP contribution < -0.4 is 10.6 Å². The van der Waals surface area contributed by atoms with Gasteiger partial charge >= 0.3 is 5.97 Å². The first-order valence-corrected chi connectivity index (χ1v) is 8.54. The van der Waals surface area contributed by atoms with Gasteiger partial charge in [0, 0.05) is 16.6 Å². The maximum atomic E-state index is 12.1. The quantitative estimate of drug-likeness (QED) is 0.689. The lowest BCUT2D eigenvalue weighted by molar-refractivity contribution is -0.156. The zero-order valence-corrected chi connectivity index (χ0v) is 15.8. The molecule has 7 heteroatoms. The Hall–Kier alpha value is -1.89. The van der Waals surface area contributed by atoms with Crippen LogP contribution in [-0.2, 0) is 14.3 Å². The molecule has 6 nitrogen and oxygen atoms in total. The summed E-state index contributed by atoms with van der Waals surface area (Å²) in [6.07, 6.45) is -0.914. The van der Waals surface area contributed by atoms with Gasteiger partial charge in [0.25, 0.3) is 11.8 Å². The minimum atomic E-state index is -0.914. The lowest BCUT2D eigenvalue weighted by atomic mass is 10.2. The van der Waals surface area contributed by atoms with Gasteiger partial charge in [-0.2, -0.15) is 0 Å². The number of rotatable bonds is 7. The predicted octanol–water partition coefficient (Wildman–Crippen LogP) is 2.27. The minimum Gasteiger partial charge on any atom is -0.451 e. The van der Waals surface area contributed by atoms with E-state index in [0.717, 1.165) is 4.47 Å². The fourth-order valence-electron chi connectivity index (χ4n) is 1.72. The topological polar surface area (TPSA) is 84.5 Å². The van der Waals surface area contributed by atoms with Crippen molar-refractivity contribution < 1.29 is 19.1 Å². The van der Waals surface area contributed by atoms with Gasteiger partial charge in [-0.1, -0.05) is 29.8 Å². The Bertz CT molecular complexity index is 587. The van der Waals surface area contributed by atoms with Gasteiger partial charge in [0.1, 0.15) is 6.04 Å².